The maximum atomic E-state index is 10.7. The number of carbonyl (C=O) groups is 1. The van der Waals surface area contributed by atoms with Gasteiger partial charge in [-0.2, -0.15) is 5.10 Å². The summed E-state index contributed by atoms with van der Waals surface area (Å²) in [7, 11) is 0. The highest BCUT2D eigenvalue weighted by molar-refractivity contribution is 7.80. The molecule has 0 spiro atoms. The molecule has 0 heterocycles. The van der Waals surface area contributed by atoms with Crippen molar-refractivity contribution in [2.24, 2.45) is 10.8 Å². The van der Waals surface area contributed by atoms with Gasteiger partial charge < -0.3 is 10.5 Å². The first-order valence-corrected chi connectivity index (χ1v) is 4.86. The Bertz CT molecular complexity index is 432. The van der Waals surface area contributed by atoms with Crippen LogP contribution in [0.4, 0.5) is 0 Å². The number of ether oxygens (including phenoxy) is 1. The van der Waals surface area contributed by atoms with Crippen molar-refractivity contribution in [1.29, 1.82) is 0 Å². The van der Waals surface area contributed by atoms with Crippen LogP contribution in [0.15, 0.2) is 29.4 Å². The third-order valence-electron chi connectivity index (χ3n) is 1.51. The van der Waals surface area contributed by atoms with Crippen molar-refractivity contribution in [1.82, 2.24) is 5.43 Å². The van der Waals surface area contributed by atoms with Crippen LogP contribution in [0.25, 0.3) is 0 Å². The minimum Gasteiger partial charge on any atom is -0.427 e. The molecule has 0 radical (unpaired) electrons. The molecule has 5 nitrogen and oxygen atoms in total. The number of benzene rings is 1. The van der Waals surface area contributed by atoms with E-state index in [-0.39, 0.29) is 11.1 Å². The Morgan fingerprint density at radius 1 is 1.62 bits per heavy atom. The zero-order chi connectivity index (χ0) is 12.0. The topological polar surface area (TPSA) is 76.7 Å². The summed E-state index contributed by atoms with van der Waals surface area (Å²) in [6.07, 6.45) is 1.52. The number of esters is 1. The number of hydrogen-bond acceptors (Lipinski definition) is 4. The monoisotopic (exact) mass is 237 g/mol. The molecule has 0 aliphatic heterocycles. The summed E-state index contributed by atoms with van der Waals surface area (Å²) < 4.78 is 4.91. The number of nitrogens with zero attached hydrogens (tertiary/aromatic N) is 1. The first-order valence-electron chi connectivity index (χ1n) is 4.45. The van der Waals surface area contributed by atoms with Gasteiger partial charge in [-0.3, -0.25) is 10.2 Å². The predicted octanol–water partition coefficient (Wildman–Crippen LogP) is 0.779. The lowest BCUT2D eigenvalue weighted by atomic mass is 10.2. The fourth-order valence-corrected chi connectivity index (χ4v) is 1.05. The second-order valence-corrected chi connectivity index (χ2v) is 3.34. The molecule has 0 aliphatic rings. The van der Waals surface area contributed by atoms with Gasteiger partial charge in [-0.15, -0.1) is 0 Å². The molecule has 1 aromatic carbocycles. The molecular formula is C10H11N3O2S. The Hall–Kier alpha value is -1.95. The molecule has 0 saturated carbocycles. The van der Waals surface area contributed by atoms with Gasteiger partial charge in [-0.25, -0.2) is 0 Å². The van der Waals surface area contributed by atoms with E-state index in [1.54, 1.807) is 24.3 Å². The zero-order valence-electron chi connectivity index (χ0n) is 8.64. The average Bonchev–Trinajstić information content (AvgIpc) is 2.16. The summed E-state index contributed by atoms with van der Waals surface area (Å²) in [5.41, 5.74) is 8.38. The molecule has 0 fully saturated rings. The maximum absolute atomic E-state index is 10.7. The van der Waals surface area contributed by atoms with Crippen molar-refractivity contribution in [2.75, 3.05) is 0 Å². The Morgan fingerprint density at radius 3 is 3.00 bits per heavy atom. The molecule has 0 unspecified atom stereocenters. The van der Waals surface area contributed by atoms with E-state index in [4.69, 9.17) is 10.5 Å². The first kappa shape index (κ1) is 12.1. The van der Waals surface area contributed by atoms with Crippen molar-refractivity contribution in [3.63, 3.8) is 0 Å². The molecule has 84 valence electrons. The molecular weight excluding hydrogens is 226 g/mol. The van der Waals surface area contributed by atoms with Crippen molar-refractivity contribution in [3.8, 4) is 5.75 Å². The van der Waals surface area contributed by atoms with Gasteiger partial charge in [0.2, 0.25) is 0 Å². The van der Waals surface area contributed by atoms with E-state index in [0.717, 1.165) is 5.56 Å². The molecule has 3 N–H and O–H groups in total. The van der Waals surface area contributed by atoms with Crippen LogP contribution in [0.3, 0.4) is 0 Å². The summed E-state index contributed by atoms with van der Waals surface area (Å²) in [5, 5.41) is 3.87. The molecule has 0 atom stereocenters. The number of carbonyl (C=O) groups excluding carboxylic acids is 1. The highest BCUT2D eigenvalue weighted by Crippen LogP contribution is 2.11. The second kappa shape index (κ2) is 5.82. The Labute approximate surface area is 98.3 Å². The normalized spacial score (nSPS) is 10.1. The van der Waals surface area contributed by atoms with Crippen LogP contribution in [0.5, 0.6) is 5.75 Å². The number of nitrogens with two attached hydrogens (primary N) is 1. The number of nitrogens with one attached hydrogen (secondary N) is 1. The van der Waals surface area contributed by atoms with Gasteiger partial charge >= 0.3 is 5.97 Å². The van der Waals surface area contributed by atoms with E-state index in [1.807, 2.05) is 0 Å². The summed E-state index contributed by atoms with van der Waals surface area (Å²) in [4.78, 5) is 10.7. The van der Waals surface area contributed by atoms with E-state index in [0.29, 0.717) is 5.75 Å². The van der Waals surface area contributed by atoms with Crippen molar-refractivity contribution in [3.05, 3.63) is 29.8 Å². The van der Waals surface area contributed by atoms with Crippen LogP contribution in [0, 0.1) is 0 Å². The van der Waals surface area contributed by atoms with E-state index in [2.05, 4.69) is 22.7 Å². The van der Waals surface area contributed by atoms with E-state index in [1.165, 1.54) is 13.1 Å². The molecule has 0 aromatic heterocycles. The lowest BCUT2D eigenvalue weighted by molar-refractivity contribution is -0.131. The van der Waals surface area contributed by atoms with Crippen LogP contribution in [-0.4, -0.2) is 17.3 Å². The van der Waals surface area contributed by atoms with Gasteiger partial charge in [0, 0.05) is 6.92 Å². The largest absolute Gasteiger partial charge is 0.427 e. The van der Waals surface area contributed by atoms with Crippen molar-refractivity contribution in [2.45, 2.75) is 6.92 Å². The Morgan fingerprint density at radius 2 is 2.38 bits per heavy atom. The van der Waals surface area contributed by atoms with E-state index < -0.39 is 0 Å². The van der Waals surface area contributed by atoms with Crippen LogP contribution in [0.1, 0.15) is 12.5 Å². The molecule has 0 aliphatic carbocycles. The van der Waals surface area contributed by atoms with Gasteiger partial charge in [-0.1, -0.05) is 12.1 Å². The van der Waals surface area contributed by atoms with Crippen LogP contribution >= 0.6 is 12.2 Å². The maximum Gasteiger partial charge on any atom is 0.308 e. The molecule has 16 heavy (non-hydrogen) atoms. The quantitative estimate of drug-likeness (QED) is 0.267. The smallest absolute Gasteiger partial charge is 0.308 e. The fourth-order valence-electron chi connectivity index (χ4n) is 0.995. The number of hydrogen-bond donors (Lipinski definition) is 2. The number of rotatable bonds is 3. The summed E-state index contributed by atoms with van der Waals surface area (Å²) >= 11 is 4.58. The van der Waals surface area contributed by atoms with Gasteiger partial charge in [0.15, 0.2) is 5.11 Å². The van der Waals surface area contributed by atoms with E-state index in [9.17, 15) is 4.79 Å². The minimum atomic E-state index is -0.365. The molecule has 0 saturated heterocycles. The average molecular weight is 237 g/mol. The molecule has 1 aromatic rings. The standard InChI is InChI=1S/C10H11N3O2S/c1-7(14)15-9-4-2-3-8(5-9)6-12-13-10(11)16/h2-6H,1H3,(H3,11,13,16)/b12-6+. The third-order valence-corrected chi connectivity index (χ3v) is 1.60. The van der Waals surface area contributed by atoms with Gasteiger partial charge in [-0.05, 0) is 29.9 Å². The first-order chi connectivity index (χ1) is 7.58. The van der Waals surface area contributed by atoms with Gasteiger partial charge in [0.1, 0.15) is 5.75 Å². The van der Waals surface area contributed by atoms with Gasteiger partial charge in [0.25, 0.3) is 0 Å². The van der Waals surface area contributed by atoms with Crippen LogP contribution < -0.4 is 15.9 Å². The number of thiocarbonyl (C=S) groups is 1. The number of hydrazone groups is 1. The van der Waals surface area contributed by atoms with Gasteiger partial charge in [0.05, 0.1) is 6.21 Å². The van der Waals surface area contributed by atoms with Crippen molar-refractivity contribution >= 4 is 29.5 Å². The van der Waals surface area contributed by atoms with Crippen LogP contribution in [-0.2, 0) is 4.79 Å². The molecule has 0 amide bonds. The zero-order valence-corrected chi connectivity index (χ0v) is 9.45. The highest BCUT2D eigenvalue weighted by atomic mass is 32.1. The summed E-state index contributed by atoms with van der Waals surface area (Å²) in [6, 6.07) is 6.91. The fraction of sp³-hybridized carbons (Fsp3) is 0.100. The Balaban J connectivity index is 2.70. The molecule has 1 rings (SSSR count). The predicted molar refractivity (Wildman–Crippen MR) is 65.3 cm³/mol. The van der Waals surface area contributed by atoms with E-state index >= 15 is 0 Å². The van der Waals surface area contributed by atoms with Crippen LogP contribution in [0.2, 0.25) is 0 Å². The SMILES string of the molecule is CC(=O)Oc1cccc(/C=N/NC(N)=S)c1. The lowest BCUT2D eigenvalue weighted by Gasteiger charge is -2.01. The third kappa shape index (κ3) is 4.52. The minimum absolute atomic E-state index is 0.0902. The second-order valence-electron chi connectivity index (χ2n) is 2.90. The Kier molecular flexibility index (Phi) is 4.41. The van der Waals surface area contributed by atoms with Crippen molar-refractivity contribution < 1.29 is 9.53 Å². The summed E-state index contributed by atoms with van der Waals surface area (Å²) in [6.45, 7) is 1.34. The summed E-state index contributed by atoms with van der Waals surface area (Å²) in [5.74, 6) is 0.0992. The molecule has 6 heteroatoms. The lowest BCUT2D eigenvalue weighted by Crippen LogP contribution is -2.23. The highest BCUT2D eigenvalue weighted by Gasteiger charge is 1.97. The molecule has 0 bridgehead atoms.